The van der Waals surface area contributed by atoms with E-state index in [1.807, 2.05) is 4.90 Å². The smallest absolute Gasteiger partial charge is 0.277 e. The molecule has 0 aliphatic carbocycles. The summed E-state index contributed by atoms with van der Waals surface area (Å²) in [5.74, 6) is -0.606. The van der Waals surface area contributed by atoms with Crippen molar-refractivity contribution in [2.45, 2.75) is 18.9 Å². The molecular weight excluding hydrogens is 396 g/mol. The van der Waals surface area contributed by atoms with Crippen molar-refractivity contribution in [1.29, 1.82) is 0 Å². The van der Waals surface area contributed by atoms with E-state index in [0.29, 0.717) is 54.8 Å². The second kappa shape index (κ2) is 10.2. The summed E-state index contributed by atoms with van der Waals surface area (Å²) < 4.78 is 16.1. The number of methoxy groups -OCH3 is 2. The second-order valence-corrected chi connectivity index (χ2v) is 7.50. The molecule has 29 heavy (non-hydrogen) atoms. The summed E-state index contributed by atoms with van der Waals surface area (Å²) in [6, 6.07) is 6.97. The van der Waals surface area contributed by atoms with Crippen LogP contribution >= 0.6 is 11.6 Å². The Bertz CT molecular complexity index is 751. The van der Waals surface area contributed by atoms with Gasteiger partial charge in [0.15, 0.2) is 0 Å². The number of carbonyl (C=O) groups excluding carboxylic acids is 2. The molecule has 2 heterocycles. The molecule has 2 aliphatic heterocycles. The maximum Gasteiger partial charge on any atom is 0.277 e. The second-order valence-electron chi connectivity index (χ2n) is 7.06. The Morgan fingerprint density at radius 2 is 1.76 bits per heavy atom. The Morgan fingerprint density at radius 3 is 2.31 bits per heavy atom. The Hall–Kier alpha value is -1.93. The van der Waals surface area contributed by atoms with E-state index in [2.05, 4.69) is 0 Å². The minimum atomic E-state index is -0.303. The molecule has 0 aromatic heterocycles. The van der Waals surface area contributed by atoms with Crippen LogP contribution in [0, 0.1) is 0 Å². The lowest BCUT2D eigenvalue weighted by Gasteiger charge is -2.26. The number of nitrogens with zero attached hydrogens (tertiary/aromatic N) is 2. The summed E-state index contributed by atoms with van der Waals surface area (Å²) >= 11 is 6.02. The maximum atomic E-state index is 13.4. The lowest BCUT2D eigenvalue weighted by atomic mass is 10.0. The highest BCUT2D eigenvalue weighted by atomic mass is 35.5. The van der Waals surface area contributed by atoms with Gasteiger partial charge in [0.05, 0.1) is 31.4 Å². The first-order valence-corrected chi connectivity index (χ1v) is 10.2. The molecule has 1 aromatic carbocycles. The van der Waals surface area contributed by atoms with Crippen LogP contribution in [0.2, 0.25) is 5.02 Å². The van der Waals surface area contributed by atoms with Crippen molar-refractivity contribution in [3.63, 3.8) is 0 Å². The molecule has 1 aromatic rings. The number of amides is 2. The first-order valence-electron chi connectivity index (χ1n) is 9.77. The molecule has 8 heteroatoms. The van der Waals surface area contributed by atoms with Crippen LogP contribution in [0.25, 0.3) is 5.57 Å². The predicted octanol–water partition coefficient (Wildman–Crippen LogP) is 2.19. The highest BCUT2D eigenvalue weighted by Crippen LogP contribution is 2.33. The molecule has 1 unspecified atom stereocenters. The summed E-state index contributed by atoms with van der Waals surface area (Å²) in [6.07, 6.45) is 1.68. The van der Waals surface area contributed by atoms with Gasteiger partial charge in [-0.25, -0.2) is 0 Å². The number of imide groups is 1. The van der Waals surface area contributed by atoms with Crippen molar-refractivity contribution in [3.8, 4) is 0 Å². The first kappa shape index (κ1) is 21.8. The standard InChI is InChI=1S/C21H27ClN2O5/c1-27-12-9-23(10-13-28-2)19-18(15-5-7-16(22)8-6-15)20(25)24(21(19)26)14-17-4-3-11-29-17/h5-8,17H,3-4,9-14H2,1-2H3. The zero-order valence-electron chi connectivity index (χ0n) is 16.9. The lowest BCUT2D eigenvalue weighted by Crippen LogP contribution is -2.41. The molecule has 1 atom stereocenters. The highest BCUT2D eigenvalue weighted by Gasteiger charge is 2.42. The monoisotopic (exact) mass is 422 g/mol. The van der Waals surface area contributed by atoms with E-state index in [4.69, 9.17) is 25.8 Å². The number of hydrogen-bond acceptors (Lipinski definition) is 6. The van der Waals surface area contributed by atoms with Crippen LogP contribution in [0.5, 0.6) is 0 Å². The van der Waals surface area contributed by atoms with E-state index in [-0.39, 0.29) is 24.5 Å². The number of rotatable bonds is 10. The van der Waals surface area contributed by atoms with Crippen LogP contribution < -0.4 is 0 Å². The highest BCUT2D eigenvalue weighted by molar-refractivity contribution is 6.36. The fraction of sp³-hybridized carbons (Fsp3) is 0.524. The fourth-order valence-electron chi connectivity index (χ4n) is 3.63. The molecule has 158 valence electrons. The average Bonchev–Trinajstić information content (AvgIpc) is 3.32. The SMILES string of the molecule is COCCN(CCOC)C1=C(c2ccc(Cl)cc2)C(=O)N(CC2CCCO2)C1=O. The van der Waals surface area contributed by atoms with E-state index in [1.165, 1.54) is 4.90 Å². The first-order chi connectivity index (χ1) is 14.1. The van der Waals surface area contributed by atoms with Crippen LogP contribution in [-0.2, 0) is 23.8 Å². The Labute approximate surface area is 176 Å². The van der Waals surface area contributed by atoms with Crippen molar-refractivity contribution in [1.82, 2.24) is 9.80 Å². The van der Waals surface area contributed by atoms with Gasteiger partial charge >= 0.3 is 0 Å². The quantitative estimate of drug-likeness (QED) is 0.538. The molecule has 2 amide bonds. The maximum absolute atomic E-state index is 13.4. The summed E-state index contributed by atoms with van der Waals surface area (Å²) in [5, 5.41) is 0.569. The normalized spacial score (nSPS) is 19.6. The van der Waals surface area contributed by atoms with Gasteiger partial charge in [-0.3, -0.25) is 14.5 Å². The lowest BCUT2D eigenvalue weighted by molar-refractivity contribution is -0.139. The molecule has 0 spiro atoms. The van der Waals surface area contributed by atoms with Crippen LogP contribution in [0.15, 0.2) is 30.0 Å². The van der Waals surface area contributed by atoms with Gasteiger partial charge < -0.3 is 19.1 Å². The van der Waals surface area contributed by atoms with Gasteiger partial charge in [0, 0.05) is 38.9 Å². The summed E-state index contributed by atoms with van der Waals surface area (Å²) in [7, 11) is 3.21. The molecule has 1 saturated heterocycles. The molecule has 0 saturated carbocycles. The van der Waals surface area contributed by atoms with E-state index in [0.717, 1.165) is 12.8 Å². The zero-order chi connectivity index (χ0) is 20.8. The van der Waals surface area contributed by atoms with Crippen molar-refractivity contribution in [2.75, 3.05) is 53.7 Å². The third-order valence-electron chi connectivity index (χ3n) is 5.13. The topological polar surface area (TPSA) is 68.3 Å². The van der Waals surface area contributed by atoms with Crippen LogP contribution in [0.4, 0.5) is 0 Å². The van der Waals surface area contributed by atoms with Gasteiger partial charge in [-0.05, 0) is 30.5 Å². The number of halogens is 1. The van der Waals surface area contributed by atoms with E-state index in [1.54, 1.807) is 38.5 Å². The Kier molecular flexibility index (Phi) is 7.66. The molecule has 0 N–H and O–H groups in total. The zero-order valence-corrected chi connectivity index (χ0v) is 17.6. The van der Waals surface area contributed by atoms with Gasteiger partial charge in [-0.15, -0.1) is 0 Å². The molecule has 0 bridgehead atoms. The van der Waals surface area contributed by atoms with Gasteiger partial charge in [0.1, 0.15) is 5.70 Å². The minimum Gasteiger partial charge on any atom is -0.383 e. The van der Waals surface area contributed by atoms with Gasteiger partial charge in [-0.1, -0.05) is 23.7 Å². The number of hydrogen-bond donors (Lipinski definition) is 0. The average molecular weight is 423 g/mol. The van der Waals surface area contributed by atoms with Crippen molar-refractivity contribution in [3.05, 3.63) is 40.5 Å². The molecule has 7 nitrogen and oxygen atoms in total. The minimum absolute atomic E-state index is 0.111. The van der Waals surface area contributed by atoms with Crippen LogP contribution in [-0.4, -0.2) is 81.4 Å². The molecule has 2 aliphatic rings. The summed E-state index contributed by atoms with van der Waals surface area (Å²) in [5.41, 5.74) is 1.43. The Morgan fingerprint density at radius 1 is 1.10 bits per heavy atom. The van der Waals surface area contributed by atoms with Gasteiger partial charge in [-0.2, -0.15) is 0 Å². The van der Waals surface area contributed by atoms with E-state index < -0.39 is 0 Å². The van der Waals surface area contributed by atoms with E-state index in [9.17, 15) is 9.59 Å². The fourth-order valence-corrected chi connectivity index (χ4v) is 3.76. The Balaban J connectivity index is 1.98. The van der Waals surface area contributed by atoms with E-state index >= 15 is 0 Å². The van der Waals surface area contributed by atoms with Crippen LogP contribution in [0.3, 0.4) is 0 Å². The third-order valence-corrected chi connectivity index (χ3v) is 5.39. The number of ether oxygens (including phenoxy) is 3. The molecular formula is C21H27ClN2O5. The van der Waals surface area contributed by atoms with Gasteiger partial charge in [0.2, 0.25) is 0 Å². The van der Waals surface area contributed by atoms with Crippen molar-refractivity contribution in [2.24, 2.45) is 0 Å². The largest absolute Gasteiger partial charge is 0.383 e. The molecule has 0 radical (unpaired) electrons. The number of carbonyl (C=O) groups is 2. The summed E-state index contributed by atoms with van der Waals surface area (Å²) in [4.78, 5) is 29.9. The van der Waals surface area contributed by atoms with Crippen molar-refractivity contribution >= 4 is 29.0 Å². The van der Waals surface area contributed by atoms with Gasteiger partial charge in [0.25, 0.3) is 11.8 Å². The molecule has 3 rings (SSSR count). The van der Waals surface area contributed by atoms with Crippen molar-refractivity contribution < 1.29 is 23.8 Å². The number of benzene rings is 1. The summed E-state index contributed by atoms with van der Waals surface area (Å²) in [6.45, 7) is 2.72. The predicted molar refractivity (Wildman–Crippen MR) is 109 cm³/mol. The van der Waals surface area contributed by atoms with Crippen LogP contribution in [0.1, 0.15) is 18.4 Å². The molecule has 1 fully saturated rings. The third kappa shape index (κ3) is 4.98.